The highest BCUT2D eigenvalue weighted by molar-refractivity contribution is 7.87. The first-order valence-corrected chi connectivity index (χ1v) is 17.7. The molecule has 7 bridgehead atoms. The summed E-state index contributed by atoms with van der Waals surface area (Å²) in [5.41, 5.74) is 4.12. The first-order chi connectivity index (χ1) is 21.6. The summed E-state index contributed by atoms with van der Waals surface area (Å²) < 4.78 is 38.3. The summed E-state index contributed by atoms with van der Waals surface area (Å²) in [5, 5.41) is 1.01. The van der Waals surface area contributed by atoms with Crippen molar-refractivity contribution in [2.75, 3.05) is 39.8 Å². The van der Waals surface area contributed by atoms with Gasteiger partial charge in [0.05, 0.1) is 5.69 Å². The van der Waals surface area contributed by atoms with E-state index in [1.54, 1.807) is 12.1 Å². The van der Waals surface area contributed by atoms with Gasteiger partial charge in [-0.3, -0.25) is 14.5 Å². The van der Waals surface area contributed by atoms with E-state index in [0.717, 1.165) is 66.2 Å². The number of aromatic nitrogens is 1. The predicted octanol–water partition coefficient (Wildman–Crippen LogP) is 4.50. The minimum Gasteiger partial charge on any atom is -0.483 e. The van der Waals surface area contributed by atoms with Gasteiger partial charge in [-0.15, -0.1) is 0 Å². The number of fused-ring (bicyclic) bond motifs is 7. The van der Waals surface area contributed by atoms with Crippen molar-refractivity contribution in [3.05, 3.63) is 53.6 Å². The standard InChI is InChI=1S/C34H45N5O5S/c1-5-6-7-10-23(2)32-27-16-13-24-19-29(27)37(4)33(32)28-11-8-9-12-30(28)44-22-31(40)39-25-14-15-26(39)21-38(20-25)18-17-36(3)45(42,43)35-34(24)41/h8-9,11-13,16,19,23,25-26H,5-7,10,14-15,17-18,20-22H2,1-4H3,(H,35,41). The van der Waals surface area contributed by atoms with Gasteiger partial charge in [0.15, 0.2) is 6.61 Å². The van der Waals surface area contributed by atoms with Crippen LogP contribution in [0.5, 0.6) is 5.75 Å². The maximum absolute atomic E-state index is 13.6. The molecule has 2 fully saturated rings. The Morgan fingerprint density at radius 1 is 1.00 bits per heavy atom. The number of aryl methyl sites for hydroxylation is 1. The molecule has 2 aromatic carbocycles. The molecule has 11 heteroatoms. The SMILES string of the molecule is CCCCCC(C)c1c2n(C)c3cc(ccc13)C(=O)NS(=O)(=O)N(C)CCN1CC3CCC(C1)N3C(=O)COc1ccccc1-2. The van der Waals surface area contributed by atoms with Gasteiger partial charge in [-0.25, -0.2) is 4.72 Å². The van der Waals surface area contributed by atoms with Gasteiger partial charge in [-0.1, -0.05) is 51.3 Å². The van der Waals surface area contributed by atoms with Crippen LogP contribution in [-0.4, -0.2) is 90.8 Å². The molecule has 0 aliphatic carbocycles. The van der Waals surface area contributed by atoms with E-state index in [1.807, 2.05) is 42.3 Å². The molecule has 0 saturated carbocycles. The second kappa shape index (κ2) is 12.8. The molecular weight excluding hydrogens is 590 g/mol. The van der Waals surface area contributed by atoms with Crippen LogP contribution in [0.4, 0.5) is 0 Å². The molecule has 0 radical (unpaired) electrons. The van der Waals surface area contributed by atoms with E-state index in [2.05, 4.69) is 28.0 Å². The van der Waals surface area contributed by atoms with Crippen molar-refractivity contribution >= 4 is 32.9 Å². The number of ether oxygens (including phenoxy) is 1. The Kier molecular flexibility index (Phi) is 8.96. The first-order valence-electron chi connectivity index (χ1n) is 16.3. The number of amides is 2. The molecule has 4 aliphatic heterocycles. The highest BCUT2D eigenvalue weighted by atomic mass is 32.2. The molecule has 10 nitrogen and oxygen atoms in total. The number of nitrogens with one attached hydrogen (secondary N) is 1. The fourth-order valence-electron chi connectivity index (χ4n) is 7.51. The molecule has 242 valence electrons. The van der Waals surface area contributed by atoms with Crippen LogP contribution >= 0.6 is 0 Å². The van der Waals surface area contributed by atoms with E-state index in [0.29, 0.717) is 25.4 Å². The van der Waals surface area contributed by atoms with Crippen molar-refractivity contribution in [2.45, 2.75) is 70.4 Å². The Hall–Kier alpha value is -3.41. The van der Waals surface area contributed by atoms with Crippen LogP contribution in [-0.2, 0) is 22.1 Å². The maximum Gasteiger partial charge on any atom is 0.303 e. The minimum atomic E-state index is -4.06. The summed E-state index contributed by atoms with van der Waals surface area (Å²) in [6, 6.07) is 13.4. The highest BCUT2D eigenvalue weighted by Crippen LogP contribution is 2.43. The van der Waals surface area contributed by atoms with E-state index >= 15 is 0 Å². The Morgan fingerprint density at radius 2 is 1.73 bits per heavy atom. The molecule has 45 heavy (non-hydrogen) atoms. The summed E-state index contributed by atoms with van der Waals surface area (Å²) in [7, 11) is -0.598. The average molecular weight is 636 g/mol. The molecule has 1 N–H and O–H groups in total. The molecule has 2 saturated heterocycles. The van der Waals surface area contributed by atoms with Crippen molar-refractivity contribution in [2.24, 2.45) is 7.05 Å². The summed E-state index contributed by atoms with van der Waals surface area (Å²) in [5.74, 6) is 0.189. The molecule has 3 aromatic rings. The third-order valence-corrected chi connectivity index (χ3v) is 11.4. The summed E-state index contributed by atoms with van der Waals surface area (Å²) in [4.78, 5) is 31.2. The number of likely N-dealkylation sites (N-methyl/N-ethyl adjacent to an activating group) is 1. The van der Waals surface area contributed by atoms with Crippen LogP contribution in [0.2, 0.25) is 0 Å². The van der Waals surface area contributed by atoms with Crippen LogP contribution in [0.25, 0.3) is 22.2 Å². The van der Waals surface area contributed by atoms with Gasteiger partial charge in [0.25, 0.3) is 11.8 Å². The number of carbonyl (C=O) groups excluding carboxylic acids is 2. The van der Waals surface area contributed by atoms with Gasteiger partial charge in [-0.05, 0) is 55.0 Å². The van der Waals surface area contributed by atoms with Crippen molar-refractivity contribution in [3.63, 3.8) is 0 Å². The molecule has 2 amide bonds. The maximum atomic E-state index is 13.6. The zero-order chi connectivity index (χ0) is 31.9. The molecule has 3 atom stereocenters. The fourth-order valence-corrected chi connectivity index (χ4v) is 8.34. The third kappa shape index (κ3) is 6.09. The second-order valence-corrected chi connectivity index (χ2v) is 14.7. The normalized spacial score (nSPS) is 24.5. The average Bonchev–Trinajstić information content (AvgIpc) is 3.47. The number of para-hydroxylation sites is 1. The van der Waals surface area contributed by atoms with E-state index in [9.17, 15) is 18.0 Å². The Balaban J connectivity index is 1.46. The van der Waals surface area contributed by atoms with E-state index < -0.39 is 16.1 Å². The Labute approximate surface area is 266 Å². The Morgan fingerprint density at radius 3 is 2.47 bits per heavy atom. The number of nitrogens with zero attached hydrogens (tertiary/aromatic N) is 4. The zero-order valence-corrected chi connectivity index (χ0v) is 27.6. The molecule has 4 aliphatic rings. The van der Waals surface area contributed by atoms with Gasteiger partial charge in [0.1, 0.15) is 5.75 Å². The van der Waals surface area contributed by atoms with Crippen molar-refractivity contribution in [1.29, 1.82) is 0 Å². The fraction of sp³-hybridized carbons (Fsp3) is 0.529. The van der Waals surface area contributed by atoms with Gasteiger partial charge in [0, 0.05) is 74.4 Å². The topological polar surface area (TPSA) is 104 Å². The lowest BCUT2D eigenvalue weighted by atomic mass is 9.90. The van der Waals surface area contributed by atoms with Crippen LogP contribution < -0.4 is 9.46 Å². The number of hydrogen-bond donors (Lipinski definition) is 1. The van der Waals surface area contributed by atoms with Gasteiger partial charge < -0.3 is 14.2 Å². The third-order valence-electron chi connectivity index (χ3n) is 9.94. The molecule has 3 unspecified atom stereocenters. The Bertz CT molecular complexity index is 1690. The molecule has 1 aromatic heterocycles. The van der Waals surface area contributed by atoms with Crippen molar-refractivity contribution in [3.8, 4) is 17.0 Å². The number of rotatable bonds is 5. The second-order valence-electron chi connectivity index (χ2n) is 12.9. The number of hydrogen-bond acceptors (Lipinski definition) is 6. The number of unbranched alkanes of at least 4 members (excludes halogenated alkanes) is 2. The highest BCUT2D eigenvalue weighted by Gasteiger charge is 2.42. The molecule has 5 heterocycles. The number of piperazine rings is 1. The van der Waals surface area contributed by atoms with Crippen LogP contribution in [0.15, 0.2) is 42.5 Å². The van der Waals surface area contributed by atoms with Crippen molar-refractivity contribution in [1.82, 2.24) is 23.4 Å². The molecule has 0 spiro atoms. The van der Waals surface area contributed by atoms with Crippen molar-refractivity contribution < 1.29 is 22.7 Å². The van der Waals surface area contributed by atoms with E-state index in [-0.39, 0.29) is 42.6 Å². The summed E-state index contributed by atoms with van der Waals surface area (Å²) in [6.45, 7) is 6.51. The van der Waals surface area contributed by atoms with Crippen LogP contribution in [0.1, 0.15) is 74.2 Å². The zero-order valence-electron chi connectivity index (χ0n) is 26.8. The lowest BCUT2D eigenvalue weighted by Crippen LogP contribution is -2.57. The van der Waals surface area contributed by atoms with Gasteiger partial charge >= 0.3 is 10.2 Å². The molecular formula is C34H45N5O5S. The number of benzene rings is 2. The van der Waals surface area contributed by atoms with E-state index in [4.69, 9.17) is 4.74 Å². The van der Waals surface area contributed by atoms with E-state index in [1.165, 1.54) is 11.4 Å². The van der Waals surface area contributed by atoms with Gasteiger partial charge in [0.2, 0.25) is 0 Å². The van der Waals surface area contributed by atoms with Gasteiger partial charge in [-0.2, -0.15) is 12.7 Å². The minimum absolute atomic E-state index is 0.0105. The first kappa shape index (κ1) is 31.6. The smallest absolute Gasteiger partial charge is 0.303 e. The largest absolute Gasteiger partial charge is 0.483 e. The summed E-state index contributed by atoms with van der Waals surface area (Å²) >= 11 is 0. The summed E-state index contributed by atoms with van der Waals surface area (Å²) in [6.07, 6.45) is 6.22. The lowest BCUT2D eigenvalue weighted by molar-refractivity contribution is -0.139. The predicted molar refractivity (Wildman–Crippen MR) is 176 cm³/mol. The quantitative estimate of drug-likeness (QED) is 0.414. The number of carbonyl (C=O) groups is 2. The lowest BCUT2D eigenvalue weighted by Gasteiger charge is -2.41. The monoisotopic (exact) mass is 635 g/mol. The van der Waals surface area contributed by atoms with Crippen LogP contribution in [0, 0.1) is 0 Å². The van der Waals surface area contributed by atoms with Crippen LogP contribution in [0.3, 0.4) is 0 Å². The molecule has 7 rings (SSSR count).